The lowest BCUT2D eigenvalue weighted by atomic mass is 10.1. The molecule has 2 aromatic rings. The molecule has 5 nitrogen and oxygen atoms in total. The van der Waals surface area contributed by atoms with E-state index in [-0.39, 0.29) is 4.90 Å². The molecule has 2 N–H and O–H groups in total. The molecule has 1 saturated heterocycles. The molecule has 0 aliphatic carbocycles. The second-order valence-electron chi connectivity index (χ2n) is 6.04. The quantitative estimate of drug-likeness (QED) is 0.897. The van der Waals surface area contributed by atoms with Crippen LogP contribution < -0.4 is 10.0 Å². The summed E-state index contributed by atoms with van der Waals surface area (Å²) in [5.41, 5.74) is 1.26. The number of benzene rings is 2. The fraction of sp³-hybridized carbons (Fsp3) is 0.294. The van der Waals surface area contributed by atoms with E-state index in [0.29, 0.717) is 38.3 Å². The van der Waals surface area contributed by atoms with E-state index in [1.165, 1.54) is 18.2 Å². The van der Waals surface area contributed by atoms with Gasteiger partial charge in [-0.1, -0.05) is 0 Å². The van der Waals surface area contributed by atoms with Gasteiger partial charge in [0.15, 0.2) is 0 Å². The van der Waals surface area contributed by atoms with Crippen LogP contribution in [0.4, 0.5) is 14.5 Å². The summed E-state index contributed by atoms with van der Waals surface area (Å²) < 4.78 is 49.6. The highest BCUT2D eigenvalue weighted by Gasteiger charge is 2.19. The van der Waals surface area contributed by atoms with Crippen LogP contribution in [-0.2, 0) is 16.6 Å². The summed E-state index contributed by atoms with van der Waals surface area (Å²) >= 11 is 0. The monoisotopic (exact) mass is 367 g/mol. The molecule has 2 aromatic carbocycles. The van der Waals surface area contributed by atoms with Gasteiger partial charge in [0.2, 0.25) is 10.0 Å². The molecule has 1 heterocycles. The molecule has 0 atom stereocenters. The van der Waals surface area contributed by atoms with E-state index >= 15 is 0 Å². The van der Waals surface area contributed by atoms with E-state index in [1.54, 1.807) is 12.1 Å². The predicted molar refractivity (Wildman–Crippen MR) is 91.7 cm³/mol. The summed E-state index contributed by atoms with van der Waals surface area (Å²) in [6, 6.07) is 9.91. The Hall–Kier alpha value is -2.03. The third-order valence-corrected chi connectivity index (χ3v) is 5.23. The Morgan fingerprint density at radius 3 is 2.20 bits per heavy atom. The molecule has 0 amide bonds. The van der Waals surface area contributed by atoms with Crippen molar-refractivity contribution in [2.45, 2.75) is 11.4 Å². The molecule has 1 fully saturated rings. The molecule has 1 aliphatic rings. The summed E-state index contributed by atoms with van der Waals surface area (Å²) in [5, 5.41) is 5.09. The zero-order valence-electron chi connectivity index (χ0n) is 13.5. The summed E-state index contributed by atoms with van der Waals surface area (Å²) in [6.45, 7) is 3.19. The third-order valence-electron chi connectivity index (χ3n) is 4.30. The highest BCUT2D eigenvalue weighted by Crippen LogP contribution is 2.20. The van der Waals surface area contributed by atoms with Gasteiger partial charge in [0.05, 0.1) is 4.90 Å². The Morgan fingerprint density at radius 1 is 0.960 bits per heavy atom. The number of hydrogen-bond donors (Lipinski definition) is 1. The van der Waals surface area contributed by atoms with Crippen molar-refractivity contribution >= 4 is 15.7 Å². The molecule has 3 rings (SSSR count). The molecule has 0 aromatic heterocycles. The zero-order chi connectivity index (χ0) is 18.0. The highest BCUT2D eigenvalue weighted by molar-refractivity contribution is 7.89. The second kappa shape index (κ2) is 7.07. The Bertz CT molecular complexity index is 849. The Kier molecular flexibility index (Phi) is 5.03. The highest BCUT2D eigenvalue weighted by atomic mass is 32.2. The molecule has 0 radical (unpaired) electrons. The van der Waals surface area contributed by atoms with Gasteiger partial charge in [-0.05, 0) is 42.5 Å². The maximum atomic E-state index is 13.7. The third kappa shape index (κ3) is 4.33. The van der Waals surface area contributed by atoms with E-state index in [4.69, 9.17) is 5.14 Å². The van der Waals surface area contributed by atoms with Crippen molar-refractivity contribution in [1.82, 2.24) is 4.90 Å². The average Bonchev–Trinajstić information content (AvgIpc) is 2.58. The van der Waals surface area contributed by atoms with Crippen molar-refractivity contribution in [2.75, 3.05) is 31.1 Å². The van der Waals surface area contributed by atoms with Gasteiger partial charge in [0.25, 0.3) is 0 Å². The number of rotatable bonds is 4. The lowest BCUT2D eigenvalue weighted by Gasteiger charge is -2.36. The molecule has 1 aliphatic heterocycles. The van der Waals surface area contributed by atoms with Gasteiger partial charge in [0.1, 0.15) is 11.6 Å². The van der Waals surface area contributed by atoms with Crippen molar-refractivity contribution in [3.63, 3.8) is 0 Å². The SMILES string of the molecule is NS(=O)(=O)c1ccc(N2CCN(Cc3cc(F)ccc3F)CC2)cc1. The van der Waals surface area contributed by atoms with Crippen molar-refractivity contribution in [3.8, 4) is 0 Å². The normalized spacial score (nSPS) is 16.2. The zero-order valence-corrected chi connectivity index (χ0v) is 14.3. The van der Waals surface area contributed by atoms with E-state index < -0.39 is 21.7 Å². The van der Waals surface area contributed by atoms with E-state index in [1.807, 2.05) is 0 Å². The molecule has 0 saturated carbocycles. The molecule has 134 valence electrons. The van der Waals surface area contributed by atoms with E-state index in [2.05, 4.69) is 9.80 Å². The summed E-state index contributed by atoms with van der Waals surface area (Å²) in [5.74, 6) is -0.840. The van der Waals surface area contributed by atoms with Gasteiger partial charge in [-0.2, -0.15) is 0 Å². The summed E-state index contributed by atoms with van der Waals surface area (Å²) in [7, 11) is -3.69. The van der Waals surface area contributed by atoms with Crippen LogP contribution in [0.5, 0.6) is 0 Å². The van der Waals surface area contributed by atoms with Crippen LogP contribution in [0.1, 0.15) is 5.56 Å². The summed E-state index contributed by atoms with van der Waals surface area (Å²) in [4.78, 5) is 4.26. The maximum absolute atomic E-state index is 13.7. The van der Waals surface area contributed by atoms with Crippen molar-refractivity contribution in [3.05, 3.63) is 59.7 Å². The van der Waals surface area contributed by atoms with Crippen LogP contribution in [0, 0.1) is 11.6 Å². The Labute approximate surface area is 145 Å². The topological polar surface area (TPSA) is 66.6 Å². The first-order valence-electron chi connectivity index (χ1n) is 7.87. The fourth-order valence-electron chi connectivity index (χ4n) is 2.92. The van der Waals surface area contributed by atoms with E-state index in [9.17, 15) is 17.2 Å². The largest absolute Gasteiger partial charge is 0.369 e. The minimum atomic E-state index is -3.69. The molecular formula is C17H19F2N3O2S. The van der Waals surface area contributed by atoms with Gasteiger partial charge in [-0.25, -0.2) is 22.3 Å². The molecular weight excluding hydrogens is 348 g/mol. The molecule has 8 heteroatoms. The molecule has 25 heavy (non-hydrogen) atoms. The lowest BCUT2D eigenvalue weighted by Crippen LogP contribution is -2.46. The van der Waals surface area contributed by atoms with Crippen LogP contribution in [0.15, 0.2) is 47.4 Å². The van der Waals surface area contributed by atoms with Crippen molar-refractivity contribution in [1.29, 1.82) is 0 Å². The standard InChI is InChI=1S/C17H19F2N3O2S/c18-14-1-6-17(19)13(11-14)12-21-7-9-22(10-8-21)15-2-4-16(5-3-15)25(20,23)24/h1-6,11H,7-10,12H2,(H2,20,23,24). The maximum Gasteiger partial charge on any atom is 0.238 e. The molecule has 0 spiro atoms. The number of sulfonamides is 1. The summed E-state index contributed by atoms with van der Waals surface area (Å²) in [6.07, 6.45) is 0. The first-order valence-corrected chi connectivity index (χ1v) is 9.42. The van der Waals surface area contributed by atoms with Gasteiger partial charge in [-0.3, -0.25) is 4.90 Å². The number of primary sulfonamides is 1. The first-order chi connectivity index (χ1) is 11.8. The van der Waals surface area contributed by atoms with Crippen LogP contribution in [0.3, 0.4) is 0 Å². The van der Waals surface area contributed by atoms with Gasteiger partial charge < -0.3 is 4.90 Å². The van der Waals surface area contributed by atoms with Crippen molar-refractivity contribution in [2.24, 2.45) is 5.14 Å². The lowest BCUT2D eigenvalue weighted by molar-refractivity contribution is 0.246. The van der Waals surface area contributed by atoms with Crippen LogP contribution in [-0.4, -0.2) is 39.5 Å². The number of nitrogens with two attached hydrogens (primary N) is 1. The molecule has 0 unspecified atom stereocenters. The second-order valence-corrected chi connectivity index (χ2v) is 7.60. The number of anilines is 1. The van der Waals surface area contributed by atoms with E-state index in [0.717, 1.165) is 17.8 Å². The van der Waals surface area contributed by atoms with Crippen molar-refractivity contribution < 1.29 is 17.2 Å². The smallest absolute Gasteiger partial charge is 0.238 e. The van der Waals surface area contributed by atoms with Gasteiger partial charge in [-0.15, -0.1) is 0 Å². The Morgan fingerprint density at radius 2 is 1.60 bits per heavy atom. The van der Waals surface area contributed by atoms with Gasteiger partial charge in [0, 0.05) is 44.0 Å². The average molecular weight is 367 g/mol. The minimum Gasteiger partial charge on any atom is -0.369 e. The number of halogens is 2. The minimum absolute atomic E-state index is 0.0801. The molecule has 0 bridgehead atoms. The van der Waals surface area contributed by atoms with Crippen LogP contribution in [0.25, 0.3) is 0 Å². The number of nitrogens with zero attached hydrogens (tertiary/aromatic N) is 2. The van der Waals surface area contributed by atoms with Gasteiger partial charge >= 0.3 is 0 Å². The number of hydrogen-bond acceptors (Lipinski definition) is 4. The fourth-order valence-corrected chi connectivity index (χ4v) is 3.43. The predicted octanol–water partition coefficient (Wildman–Crippen LogP) is 1.93. The Balaban J connectivity index is 1.61. The van der Waals surface area contributed by atoms with Crippen LogP contribution in [0.2, 0.25) is 0 Å². The first kappa shape index (κ1) is 17.8. The van der Waals surface area contributed by atoms with Crippen LogP contribution >= 0.6 is 0 Å². The number of piperazine rings is 1.